The van der Waals surface area contributed by atoms with Gasteiger partial charge in [-0.15, -0.1) is 0 Å². The van der Waals surface area contributed by atoms with Gasteiger partial charge in [0.2, 0.25) is 0 Å². The Morgan fingerprint density at radius 3 is 2.62 bits per heavy atom. The molecule has 0 radical (unpaired) electrons. The zero-order valence-electron chi connectivity index (χ0n) is 8.46. The lowest BCUT2D eigenvalue weighted by Gasteiger charge is -2.24. The molecule has 1 rings (SSSR count). The molecule has 1 aliphatic rings. The Labute approximate surface area is 78.8 Å². The number of nitrogens with one attached hydrogen (secondary N) is 1. The molecule has 1 heterocycles. The van der Waals surface area contributed by atoms with Crippen molar-refractivity contribution in [1.29, 1.82) is 0 Å². The summed E-state index contributed by atoms with van der Waals surface area (Å²) in [6, 6.07) is -0.0216. The maximum Gasteiger partial charge on any atom is 0.407 e. The third-order valence-corrected chi connectivity index (χ3v) is 2.08. The van der Waals surface area contributed by atoms with Gasteiger partial charge in [-0.3, -0.25) is 0 Å². The summed E-state index contributed by atoms with van der Waals surface area (Å²) in [5.41, 5.74) is 5.67. The molecule has 2 atom stereocenters. The topological polar surface area (TPSA) is 64.3 Å². The summed E-state index contributed by atoms with van der Waals surface area (Å²) in [6.45, 7) is 6.79. The molecule has 0 aliphatic carbocycles. The molecule has 76 valence electrons. The maximum absolute atomic E-state index is 10.9. The van der Waals surface area contributed by atoms with Crippen LogP contribution in [0.15, 0.2) is 0 Å². The van der Waals surface area contributed by atoms with Crippen LogP contribution in [0.3, 0.4) is 0 Å². The molecular weight excluding hydrogens is 168 g/mol. The Balaban J connectivity index is 2.54. The Morgan fingerprint density at radius 1 is 1.54 bits per heavy atom. The van der Waals surface area contributed by atoms with Crippen molar-refractivity contribution in [3.63, 3.8) is 0 Å². The lowest BCUT2D eigenvalue weighted by Crippen LogP contribution is -2.40. The molecule has 0 aromatic carbocycles. The first-order chi connectivity index (χ1) is 5.92. The number of hydrogen-bond acceptors (Lipinski definition) is 3. The van der Waals surface area contributed by atoms with E-state index in [9.17, 15) is 4.79 Å². The molecular formula is C9H18N2O2. The van der Waals surface area contributed by atoms with Crippen LogP contribution in [0.5, 0.6) is 0 Å². The van der Waals surface area contributed by atoms with Crippen LogP contribution in [0, 0.1) is 5.41 Å². The molecule has 0 aromatic heterocycles. The number of hydrogen-bond donors (Lipinski definition) is 2. The molecule has 0 bridgehead atoms. The van der Waals surface area contributed by atoms with Gasteiger partial charge in [0.05, 0.1) is 6.04 Å². The molecule has 0 aromatic rings. The van der Waals surface area contributed by atoms with Gasteiger partial charge in [0.25, 0.3) is 0 Å². The van der Waals surface area contributed by atoms with Crippen LogP contribution in [0.4, 0.5) is 4.79 Å². The number of carbonyl (C=O) groups is 1. The summed E-state index contributed by atoms with van der Waals surface area (Å²) in [5.74, 6) is 0. The Kier molecular flexibility index (Phi) is 2.81. The molecule has 0 spiro atoms. The Morgan fingerprint density at radius 2 is 2.15 bits per heavy atom. The lowest BCUT2D eigenvalue weighted by molar-refractivity contribution is 0.102. The van der Waals surface area contributed by atoms with Crippen molar-refractivity contribution < 1.29 is 9.53 Å². The highest BCUT2D eigenvalue weighted by Gasteiger charge is 2.35. The summed E-state index contributed by atoms with van der Waals surface area (Å²) in [4.78, 5) is 10.9. The van der Waals surface area contributed by atoms with Crippen LogP contribution >= 0.6 is 0 Å². The van der Waals surface area contributed by atoms with E-state index in [4.69, 9.17) is 10.5 Å². The van der Waals surface area contributed by atoms with E-state index in [-0.39, 0.29) is 23.7 Å². The first kappa shape index (κ1) is 10.3. The monoisotopic (exact) mass is 186 g/mol. The number of amides is 1. The first-order valence-electron chi connectivity index (χ1n) is 4.59. The van der Waals surface area contributed by atoms with Crippen molar-refractivity contribution >= 4 is 6.09 Å². The van der Waals surface area contributed by atoms with Gasteiger partial charge in [-0.05, 0) is 11.8 Å². The van der Waals surface area contributed by atoms with Crippen LogP contribution in [0.25, 0.3) is 0 Å². The molecule has 4 heteroatoms. The second-order valence-corrected chi connectivity index (χ2v) is 4.70. The first-order valence-corrected chi connectivity index (χ1v) is 4.59. The lowest BCUT2D eigenvalue weighted by atomic mass is 9.87. The van der Waals surface area contributed by atoms with Gasteiger partial charge in [-0.1, -0.05) is 20.8 Å². The van der Waals surface area contributed by atoms with E-state index in [0.29, 0.717) is 6.54 Å². The van der Waals surface area contributed by atoms with Gasteiger partial charge in [-0.25, -0.2) is 4.79 Å². The minimum atomic E-state index is -0.343. The van der Waals surface area contributed by atoms with Crippen LogP contribution < -0.4 is 11.1 Å². The smallest absolute Gasteiger partial charge is 0.407 e. The van der Waals surface area contributed by atoms with E-state index in [1.807, 2.05) is 0 Å². The molecule has 1 amide bonds. The molecule has 1 saturated heterocycles. The average molecular weight is 186 g/mol. The van der Waals surface area contributed by atoms with Crippen LogP contribution in [0.1, 0.15) is 27.2 Å². The number of cyclic esters (lactones) is 1. The highest BCUT2D eigenvalue weighted by atomic mass is 16.6. The summed E-state index contributed by atoms with van der Waals surface area (Å²) in [5, 5.41) is 2.69. The van der Waals surface area contributed by atoms with Crippen LogP contribution in [-0.4, -0.2) is 24.8 Å². The Bertz CT molecular complexity index is 198. The van der Waals surface area contributed by atoms with E-state index in [1.165, 1.54) is 0 Å². The van der Waals surface area contributed by atoms with Gasteiger partial charge < -0.3 is 15.8 Å². The minimum Gasteiger partial charge on any atom is -0.444 e. The quantitative estimate of drug-likeness (QED) is 0.672. The summed E-state index contributed by atoms with van der Waals surface area (Å²) >= 11 is 0. The summed E-state index contributed by atoms with van der Waals surface area (Å²) < 4.78 is 5.11. The van der Waals surface area contributed by atoms with Crippen molar-refractivity contribution in [2.24, 2.45) is 11.1 Å². The molecule has 4 nitrogen and oxygen atoms in total. The number of carbonyl (C=O) groups excluding carboxylic acids is 1. The van der Waals surface area contributed by atoms with Crippen LogP contribution in [0.2, 0.25) is 0 Å². The second-order valence-electron chi connectivity index (χ2n) is 4.70. The Hall–Kier alpha value is -0.770. The maximum atomic E-state index is 10.9. The number of ether oxygens (including phenoxy) is 1. The van der Waals surface area contributed by atoms with Crippen molar-refractivity contribution in [2.75, 3.05) is 6.54 Å². The third-order valence-electron chi connectivity index (χ3n) is 2.08. The van der Waals surface area contributed by atoms with E-state index in [1.54, 1.807) is 0 Å². The molecule has 2 unspecified atom stereocenters. The highest BCUT2D eigenvalue weighted by Crippen LogP contribution is 2.25. The average Bonchev–Trinajstić information content (AvgIpc) is 2.27. The number of nitrogens with two attached hydrogens (primary N) is 1. The van der Waals surface area contributed by atoms with E-state index in [0.717, 1.165) is 6.42 Å². The molecule has 0 saturated carbocycles. The summed E-state index contributed by atoms with van der Waals surface area (Å²) in [7, 11) is 0. The summed E-state index contributed by atoms with van der Waals surface area (Å²) in [6.07, 6.45) is 0.426. The SMILES string of the molecule is CC(C)(C)CC1OC(=O)NC1CN. The van der Waals surface area contributed by atoms with Crippen molar-refractivity contribution in [2.45, 2.75) is 39.3 Å². The molecule has 13 heavy (non-hydrogen) atoms. The van der Waals surface area contributed by atoms with E-state index < -0.39 is 0 Å². The fourth-order valence-electron chi connectivity index (χ4n) is 1.50. The largest absolute Gasteiger partial charge is 0.444 e. The van der Waals surface area contributed by atoms with Crippen molar-refractivity contribution in [3.8, 4) is 0 Å². The van der Waals surface area contributed by atoms with Gasteiger partial charge in [0, 0.05) is 6.54 Å². The molecule has 1 aliphatic heterocycles. The second kappa shape index (κ2) is 3.54. The van der Waals surface area contributed by atoms with Gasteiger partial charge in [0.15, 0.2) is 0 Å². The predicted molar refractivity (Wildman–Crippen MR) is 50.3 cm³/mol. The van der Waals surface area contributed by atoms with E-state index in [2.05, 4.69) is 26.1 Å². The zero-order chi connectivity index (χ0) is 10.1. The predicted octanol–water partition coefficient (Wildman–Crippen LogP) is 0.858. The minimum absolute atomic E-state index is 0.0216. The van der Waals surface area contributed by atoms with E-state index >= 15 is 0 Å². The molecule has 1 fully saturated rings. The normalized spacial score (nSPS) is 28.5. The zero-order valence-corrected chi connectivity index (χ0v) is 8.46. The molecule has 3 N–H and O–H groups in total. The fourth-order valence-corrected chi connectivity index (χ4v) is 1.50. The number of alkyl carbamates (subject to hydrolysis) is 1. The fraction of sp³-hybridized carbons (Fsp3) is 0.889. The third kappa shape index (κ3) is 2.88. The van der Waals surface area contributed by atoms with Gasteiger partial charge in [-0.2, -0.15) is 0 Å². The van der Waals surface area contributed by atoms with Crippen LogP contribution in [-0.2, 0) is 4.74 Å². The van der Waals surface area contributed by atoms with Gasteiger partial charge in [0.1, 0.15) is 6.10 Å². The van der Waals surface area contributed by atoms with Gasteiger partial charge >= 0.3 is 6.09 Å². The highest BCUT2D eigenvalue weighted by molar-refractivity contribution is 5.70. The van der Waals surface area contributed by atoms with Crippen molar-refractivity contribution in [1.82, 2.24) is 5.32 Å². The number of rotatable bonds is 2. The standard InChI is InChI=1S/C9H18N2O2/c1-9(2,3)4-7-6(5-10)11-8(12)13-7/h6-7H,4-5,10H2,1-3H3,(H,11,12). The van der Waals surface area contributed by atoms with Crippen molar-refractivity contribution in [3.05, 3.63) is 0 Å².